The van der Waals surface area contributed by atoms with Crippen LogP contribution in [0.25, 0.3) is 0 Å². The largest absolute Gasteiger partial charge is 0.497 e. The Hall–Kier alpha value is -3.22. The fourth-order valence-electron chi connectivity index (χ4n) is 2.98. The summed E-state index contributed by atoms with van der Waals surface area (Å²) < 4.78 is 5.11. The third-order valence-electron chi connectivity index (χ3n) is 4.49. The average molecular weight is 368 g/mol. The minimum atomic E-state index is -0.220. The van der Waals surface area contributed by atoms with Gasteiger partial charge in [0.15, 0.2) is 0 Å². The Bertz CT molecular complexity index is 757. The highest BCUT2D eigenvalue weighted by atomic mass is 16.5. The first-order valence-electron chi connectivity index (χ1n) is 8.96. The van der Waals surface area contributed by atoms with Gasteiger partial charge in [0, 0.05) is 30.5 Å². The summed E-state index contributed by atoms with van der Waals surface area (Å²) in [6, 6.07) is 16.2. The Morgan fingerprint density at radius 1 is 0.926 bits per heavy atom. The minimum absolute atomic E-state index is 0.0544. The van der Waals surface area contributed by atoms with Gasteiger partial charge in [-0.25, -0.2) is 9.59 Å². The third-order valence-corrected chi connectivity index (χ3v) is 4.49. The maximum atomic E-state index is 12.4. The quantitative estimate of drug-likeness (QED) is 0.772. The topological polar surface area (TPSA) is 82.7 Å². The zero-order valence-corrected chi connectivity index (χ0v) is 15.3. The number of rotatable bonds is 4. The highest BCUT2D eigenvalue weighted by Gasteiger charge is 2.24. The van der Waals surface area contributed by atoms with Crippen LogP contribution in [-0.4, -0.2) is 43.2 Å². The Labute approximate surface area is 158 Å². The molecular weight excluding hydrogens is 344 g/mol. The maximum Gasteiger partial charge on any atom is 0.321 e. The van der Waals surface area contributed by atoms with Gasteiger partial charge in [-0.05, 0) is 49.2 Å². The number of para-hydroxylation sites is 1. The van der Waals surface area contributed by atoms with Crippen LogP contribution in [0.1, 0.15) is 12.8 Å². The molecule has 0 saturated carbocycles. The minimum Gasteiger partial charge on any atom is -0.497 e. The third kappa shape index (κ3) is 5.37. The van der Waals surface area contributed by atoms with Gasteiger partial charge in [0.05, 0.1) is 7.11 Å². The van der Waals surface area contributed by atoms with Crippen molar-refractivity contribution in [2.45, 2.75) is 18.9 Å². The Morgan fingerprint density at radius 3 is 2.19 bits per heavy atom. The van der Waals surface area contributed by atoms with Crippen LogP contribution in [0, 0.1) is 0 Å². The zero-order valence-electron chi connectivity index (χ0n) is 15.3. The summed E-state index contributed by atoms with van der Waals surface area (Å²) in [7, 11) is 1.60. The van der Waals surface area contributed by atoms with Crippen LogP contribution in [0.2, 0.25) is 0 Å². The van der Waals surface area contributed by atoms with Gasteiger partial charge in [-0.15, -0.1) is 0 Å². The molecule has 0 radical (unpaired) electrons. The predicted octanol–water partition coefficient (Wildman–Crippen LogP) is 3.51. The SMILES string of the molecule is COc1ccc(NC(=O)N2CCC(NC(=O)Nc3ccccc3)CC2)cc1. The number of methoxy groups -OCH3 is 1. The van der Waals surface area contributed by atoms with E-state index in [1.807, 2.05) is 30.3 Å². The van der Waals surface area contributed by atoms with Gasteiger partial charge in [-0.1, -0.05) is 18.2 Å². The predicted molar refractivity (Wildman–Crippen MR) is 105 cm³/mol. The summed E-state index contributed by atoms with van der Waals surface area (Å²) in [5.41, 5.74) is 1.48. The monoisotopic (exact) mass is 368 g/mol. The summed E-state index contributed by atoms with van der Waals surface area (Å²) in [4.78, 5) is 26.2. The molecule has 2 aromatic carbocycles. The summed E-state index contributed by atoms with van der Waals surface area (Å²) in [5, 5.41) is 8.66. The van der Waals surface area contributed by atoms with Crippen LogP contribution >= 0.6 is 0 Å². The van der Waals surface area contributed by atoms with E-state index in [-0.39, 0.29) is 18.1 Å². The molecule has 7 heteroatoms. The first-order chi connectivity index (χ1) is 13.1. The highest BCUT2D eigenvalue weighted by molar-refractivity contribution is 5.90. The van der Waals surface area contributed by atoms with Crippen LogP contribution in [-0.2, 0) is 0 Å². The highest BCUT2D eigenvalue weighted by Crippen LogP contribution is 2.17. The van der Waals surface area contributed by atoms with Crippen LogP contribution in [0.4, 0.5) is 21.0 Å². The molecule has 27 heavy (non-hydrogen) atoms. The molecule has 0 aliphatic carbocycles. The lowest BCUT2D eigenvalue weighted by atomic mass is 10.1. The van der Waals surface area contributed by atoms with E-state index in [2.05, 4.69) is 16.0 Å². The summed E-state index contributed by atoms with van der Waals surface area (Å²) >= 11 is 0. The van der Waals surface area contributed by atoms with Crippen molar-refractivity contribution in [3.05, 3.63) is 54.6 Å². The molecule has 1 saturated heterocycles. The number of hydrogen-bond acceptors (Lipinski definition) is 3. The van der Waals surface area contributed by atoms with Crippen molar-refractivity contribution >= 4 is 23.4 Å². The van der Waals surface area contributed by atoms with Gasteiger partial charge in [-0.3, -0.25) is 0 Å². The molecule has 3 rings (SSSR count). The number of nitrogens with one attached hydrogen (secondary N) is 3. The average Bonchev–Trinajstić information content (AvgIpc) is 2.70. The van der Waals surface area contributed by atoms with E-state index < -0.39 is 0 Å². The smallest absolute Gasteiger partial charge is 0.321 e. The van der Waals surface area contributed by atoms with Gasteiger partial charge in [0.25, 0.3) is 0 Å². The van der Waals surface area contributed by atoms with E-state index in [4.69, 9.17) is 4.74 Å². The van der Waals surface area contributed by atoms with Crippen LogP contribution in [0.3, 0.4) is 0 Å². The number of carbonyl (C=O) groups is 2. The first kappa shape index (κ1) is 18.6. The second-order valence-corrected chi connectivity index (χ2v) is 6.38. The Balaban J connectivity index is 1.42. The van der Waals surface area contributed by atoms with Crippen LogP contribution < -0.4 is 20.7 Å². The number of urea groups is 2. The summed E-state index contributed by atoms with van der Waals surface area (Å²) in [5.74, 6) is 0.744. The molecule has 4 amide bonds. The van der Waals surface area contributed by atoms with Crippen LogP contribution in [0.15, 0.2) is 54.6 Å². The fraction of sp³-hybridized carbons (Fsp3) is 0.300. The van der Waals surface area contributed by atoms with E-state index in [0.29, 0.717) is 13.1 Å². The Kier molecular flexibility index (Phi) is 6.14. The standard InChI is InChI=1S/C20H24N4O3/c1-27-18-9-7-16(8-10-18)23-20(26)24-13-11-17(12-14-24)22-19(25)21-15-5-3-2-4-6-15/h2-10,17H,11-14H2,1H3,(H,23,26)(H2,21,22,25). The number of benzene rings is 2. The molecule has 7 nitrogen and oxygen atoms in total. The van der Waals surface area contributed by atoms with Crippen molar-refractivity contribution in [3.63, 3.8) is 0 Å². The normalized spacial score (nSPS) is 14.3. The molecule has 0 bridgehead atoms. The first-order valence-corrected chi connectivity index (χ1v) is 8.96. The van der Waals surface area contributed by atoms with E-state index in [9.17, 15) is 9.59 Å². The summed E-state index contributed by atoms with van der Waals surface area (Å²) in [6.45, 7) is 1.19. The lowest BCUT2D eigenvalue weighted by Crippen LogP contribution is -2.48. The molecule has 0 spiro atoms. The Morgan fingerprint density at radius 2 is 1.56 bits per heavy atom. The van der Waals surface area contributed by atoms with Gasteiger partial charge in [-0.2, -0.15) is 0 Å². The summed E-state index contributed by atoms with van der Waals surface area (Å²) in [6.07, 6.45) is 1.44. The van der Waals surface area contributed by atoms with Gasteiger partial charge < -0.3 is 25.6 Å². The number of carbonyl (C=O) groups excluding carboxylic acids is 2. The van der Waals surface area contributed by atoms with Crippen molar-refractivity contribution in [3.8, 4) is 5.75 Å². The van der Waals surface area contributed by atoms with Crippen molar-refractivity contribution in [1.29, 1.82) is 0 Å². The molecule has 1 aliphatic rings. The number of amides is 4. The van der Waals surface area contributed by atoms with Gasteiger partial charge in [0.1, 0.15) is 5.75 Å². The van der Waals surface area contributed by atoms with Crippen molar-refractivity contribution in [2.75, 3.05) is 30.8 Å². The zero-order chi connectivity index (χ0) is 19.1. The van der Waals surface area contributed by atoms with Crippen LogP contribution in [0.5, 0.6) is 5.75 Å². The lowest BCUT2D eigenvalue weighted by Gasteiger charge is -2.32. The second-order valence-electron chi connectivity index (χ2n) is 6.38. The maximum absolute atomic E-state index is 12.4. The van der Waals surface area contributed by atoms with E-state index in [0.717, 1.165) is 30.0 Å². The molecule has 0 aromatic heterocycles. The number of likely N-dealkylation sites (tertiary alicyclic amines) is 1. The molecule has 2 aromatic rings. The molecular formula is C20H24N4O3. The molecule has 0 atom stereocenters. The van der Waals surface area contributed by atoms with Crippen molar-refractivity contribution in [2.24, 2.45) is 0 Å². The lowest BCUT2D eigenvalue weighted by molar-refractivity contribution is 0.189. The molecule has 142 valence electrons. The van der Waals surface area contributed by atoms with E-state index in [1.54, 1.807) is 36.3 Å². The van der Waals surface area contributed by atoms with E-state index in [1.165, 1.54) is 0 Å². The number of nitrogens with zero attached hydrogens (tertiary/aromatic N) is 1. The number of anilines is 2. The fourth-order valence-corrected chi connectivity index (χ4v) is 2.98. The molecule has 1 fully saturated rings. The van der Waals surface area contributed by atoms with Gasteiger partial charge >= 0.3 is 12.1 Å². The molecule has 3 N–H and O–H groups in total. The number of hydrogen-bond donors (Lipinski definition) is 3. The van der Waals surface area contributed by atoms with E-state index >= 15 is 0 Å². The van der Waals surface area contributed by atoms with Gasteiger partial charge in [0.2, 0.25) is 0 Å². The number of piperidine rings is 1. The van der Waals surface area contributed by atoms with Crippen molar-refractivity contribution < 1.29 is 14.3 Å². The molecule has 1 heterocycles. The second kappa shape index (κ2) is 8.93. The number of ether oxygens (including phenoxy) is 1. The molecule has 1 aliphatic heterocycles. The van der Waals surface area contributed by atoms with Crippen molar-refractivity contribution in [1.82, 2.24) is 10.2 Å². The molecule has 0 unspecified atom stereocenters.